The number of hydrogen-bond acceptors (Lipinski definition) is 4. The monoisotopic (exact) mass is 288 g/mol. The number of hydrogen-bond donors (Lipinski definition) is 0. The number of aromatic nitrogens is 1. The van der Waals surface area contributed by atoms with Gasteiger partial charge < -0.3 is 0 Å². The molecule has 3 rings (SSSR count). The Bertz CT molecular complexity index is 814. The number of sulfone groups is 1. The molecule has 1 aromatic heterocycles. The van der Waals surface area contributed by atoms with Crippen molar-refractivity contribution in [2.24, 2.45) is 4.99 Å². The van der Waals surface area contributed by atoms with Gasteiger partial charge in [-0.15, -0.1) is 0 Å². The molecule has 0 saturated heterocycles. The van der Waals surface area contributed by atoms with Crippen LogP contribution in [-0.2, 0) is 9.84 Å². The molecule has 0 spiro atoms. The van der Waals surface area contributed by atoms with E-state index in [2.05, 4.69) is 4.99 Å². The van der Waals surface area contributed by atoms with Gasteiger partial charge in [-0.3, -0.25) is 9.36 Å². The summed E-state index contributed by atoms with van der Waals surface area (Å²) in [5.41, 5.74) is 1.04. The molecule has 2 heterocycles. The second-order valence-electron chi connectivity index (χ2n) is 4.67. The van der Waals surface area contributed by atoms with Gasteiger partial charge in [0, 0.05) is 6.20 Å². The highest BCUT2D eigenvalue weighted by molar-refractivity contribution is 7.92. The van der Waals surface area contributed by atoms with Crippen LogP contribution in [0.4, 0.5) is 5.82 Å². The van der Waals surface area contributed by atoms with E-state index in [4.69, 9.17) is 0 Å². The fourth-order valence-electron chi connectivity index (χ4n) is 2.06. The van der Waals surface area contributed by atoms with E-state index in [0.29, 0.717) is 5.82 Å². The maximum atomic E-state index is 12.3. The number of nitrogens with zero attached hydrogens (tertiary/aromatic N) is 2. The van der Waals surface area contributed by atoms with Crippen molar-refractivity contribution in [2.45, 2.75) is 11.8 Å². The minimum atomic E-state index is -3.55. The standard InChI is InChI=1S/C14H12N2O3S/c1-10-4-6-11(7-5-10)20(18,19)9-12-14(17)16-8-2-3-13(16)15-12/h2-8H,9H2,1H3. The van der Waals surface area contributed by atoms with Crippen LogP contribution >= 0.6 is 0 Å². The highest BCUT2D eigenvalue weighted by Gasteiger charge is 2.28. The highest BCUT2D eigenvalue weighted by Crippen LogP contribution is 2.22. The summed E-state index contributed by atoms with van der Waals surface area (Å²) in [7, 11) is -3.55. The van der Waals surface area contributed by atoms with Crippen molar-refractivity contribution in [2.75, 3.05) is 5.75 Å². The van der Waals surface area contributed by atoms with Crippen molar-refractivity contribution in [1.82, 2.24) is 4.57 Å². The smallest absolute Gasteiger partial charge is 0.267 e. The second kappa shape index (κ2) is 4.42. The van der Waals surface area contributed by atoms with Gasteiger partial charge in [0.2, 0.25) is 0 Å². The summed E-state index contributed by atoms with van der Waals surface area (Å²) in [4.78, 5) is 16.3. The normalized spacial score (nSPS) is 14.2. The predicted molar refractivity (Wildman–Crippen MR) is 75.4 cm³/mol. The van der Waals surface area contributed by atoms with Crippen molar-refractivity contribution in [3.05, 3.63) is 48.2 Å². The first-order chi connectivity index (χ1) is 9.47. The van der Waals surface area contributed by atoms with Crippen LogP contribution in [0.2, 0.25) is 0 Å². The van der Waals surface area contributed by atoms with E-state index < -0.39 is 9.84 Å². The quantitative estimate of drug-likeness (QED) is 0.867. The molecule has 102 valence electrons. The van der Waals surface area contributed by atoms with Crippen molar-refractivity contribution >= 4 is 27.3 Å². The minimum Gasteiger partial charge on any atom is -0.267 e. The Morgan fingerprint density at radius 2 is 1.85 bits per heavy atom. The molecule has 0 atom stereocenters. The van der Waals surface area contributed by atoms with Gasteiger partial charge in [0.1, 0.15) is 17.3 Å². The molecule has 0 fully saturated rings. The molecular formula is C14H12N2O3S. The molecule has 6 heteroatoms. The van der Waals surface area contributed by atoms with Crippen LogP contribution in [0.15, 0.2) is 52.5 Å². The minimum absolute atomic E-state index is 0.0566. The lowest BCUT2D eigenvalue weighted by molar-refractivity contribution is 0.0997. The fourth-order valence-corrected chi connectivity index (χ4v) is 3.33. The van der Waals surface area contributed by atoms with Crippen molar-refractivity contribution in [3.63, 3.8) is 0 Å². The number of fused-ring (bicyclic) bond motifs is 1. The second-order valence-corrected chi connectivity index (χ2v) is 6.66. The van der Waals surface area contributed by atoms with E-state index in [1.54, 1.807) is 42.6 Å². The lowest BCUT2D eigenvalue weighted by Gasteiger charge is -2.04. The summed E-state index contributed by atoms with van der Waals surface area (Å²) in [6, 6.07) is 9.92. The van der Waals surface area contributed by atoms with Crippen molar-refractivity contribution in [1.29, 1.82) is 0 Å². The Morgan fingerprint density at radius 3 is 2.50 bits per heavy atom. The third kappa shape index (κ3) is 2.08. The maximum Gasteiger partial charge on any atom is 0.279 e. The first-order valence-corrected chi connectivity index (χ1v) is 7.72. The number of carbonyl (C=O) groups is 1. The molecule has 2 aromatic rings. The topological polar surface area (TPSA) is 68.5 Å². The third-order valence-electron chi connectivity index (χ3n) is 3.15. The molecule has 5 nitrogen and oxygen atoms in total. The largest absolute Gasteiger partial charge is 0.279 e. The van der Waals surface area contributed by atoms with Gasteiger partial charge in [0.05, 0.1) is 4.90 Å². The number of carbonyl (C=O) groups excluding carboxylic acids is 1. The first-order valence-electron chi connectivity index (χ1n) is 6.06. The molecule has 0 aliphatic carbocycles. The van der Waals surface area contributed by atoms with E-state index in [9.17, 15) is 13.2 Å². The van der Waals surface area contributed by atoms with Gasteiger partial charge in [-0.25, -0.2) is 13.4 Å². The number of aliphatic imine (C=N–C) groups is 1. The number of rotatable bonds is 3. The zero-order chi connectivity index (χ0) is 14.3. The molecular weight excluding hydrogens is 276 g/mol. The SMILES string of the molecule is Cc1ccc(S(=O)(=O)CC2=Nc3cccn3C2=O)cc1. The van der Waals surface area contributed by atoms with Crippen LogP contribution in [0.25, 0.3) is 0 Å². The van der Waals surface area contributed by atoms with Gasteiger partial charge in [0.15, 0.2) is 9.84 Å². The summed E-state index contributed by atoms with van der Waals surface area (Å²) in [5.74, 6) is -0.277. The zero-order valence-corrected chi connectivity index (χ0v) is 11.6. The molecule has 0 saturated carbocycles. The molecule has 20 heavy (non-hydrogen) atoms. The average molecular weight is 288 g/mol. The summed E-state index contributed by atoms with van der Waals surface area (Å²) < 4.78 is 25.9. The molecule has 1 aliphatic rings. The first kappa shape index (κ1) is 12.8. The van der Waals surface area contributed by atoms with E-state index >= 15 is 0 Å². The van der Waals surface area contributed by atoms with Crippen LogP contribution < -0.4 is 0 Å². The number of benzene rings is 1. The van der Waals surface area contributed by atoms with Crippen molar-refractivity contribution < 1.29 is 13.2 Å². The van der Waals surface area contributed by atoms with Crippen LogP contribution in [-0.4, -0.2) is 30.4 Å². The van der Waals surface area contributed by atoms with Gasteiger partial charge in [-0.2, -0.15) is 0 Å². The Balaban J connectivity index is 1.90. The van der Waals surface area contributed by atoms with E-state index in [1.165, 1.54) is 4.57 Å². The molecule has 1 aliphatic heterocycles. The van der Waals surface area contributed by atoms with Gasteiger partial charge in [-0.05, 0) is 31.2 Å². The van der Waals surface area contributed by atoms with Crippen LogP contribution in [0.1, 0.15) is 10.4 Å². The molecule has 0 radical (unpaired) electrons. The Hall–Kier alpha value is -2.21. The lowest BCUT2D eigenvalue weighted by atomic mass is 10.2. The maximum absolute atomic E-state index is 12.3. The third-order valence-corrected chi connectivity index (χ3v) is 4.79. The van der Waals surface area contributed by atoms with Gasteiger partial charge in [-0.1, -0.05) is 17.7 Å². The summed E-state index contributed by atoms with van der Waals surface area (Å²) in [6.07, 6.45) is 1.58. The van der Waals surface area contributed by atoms with Gasteiger partial charge in [0.25, 0.3) is 5.91 Å². The van der Waals surface area contributed by atoms with Crippen LogP contribution in [0.5, 0.6) is 0 Å². The summed E-state index contributed by atoms with van der Waals surface area (Å²) >= 11 is 0. The van der Waals surface area contributed by atoms with Gasteiger partial charge >= 0.3 is 0 Å². The highest BCUT2D eigenvalue weighted by atomic mass is 32.2. The molecule has 0 unspecified atom stereocenters. The molecule has 0 amide bonds. The lowest BCUT2D eigenvalue weighted by Crippen LogP contribution is -2.24. The van der Waals surface area contributed by atoms with Crippen molar-refractivity contribution in [3.8, 4) is 0 Å². The molecule has 1 aromatic carbocycles. The van der Waals surface area contributed by atoms with E-state index in [0.717, 1.165) is 5.56 Å². The van der Waals surface area contributed by atoms with Crippen LogP contribution in [0, 0.1) is 6.92 Å². The number of aryl methyl sites for hydroxylation is 1. The fraction of sp³-hybridized carbons (Fsp3) is 0.143. The average Bonchev–Trinajstić information content (AvgIpc) is 2.95. The summed E-state index contributed by atoms with van der Waals surface area (Å²) in [6.45, 7) is 1.88. The molecule has 0 N–H and O–H groups in total. The summed E-state index contributed by atoms with van der Waals surface area (Å²) in [5, 5.41) is 0. The molecule has 0 bridgehead atoms. The van der Waals surface area contributed by atoms with E-state index in [1.807, 2.05) is 6.92 Å². The predicted octanol–water partition coefficient (Wildman–Crippen LogP) is 2.00. The Morgan fingerprint density at radius 1 is 1.15 bits per heavy atom. The Labute approximate surface area is 116 Å². The zero-order valence-electron chi connectivity index (χ0n) is 10.8. The Kier molecular flexibility index (Phi) is 2.83. The van der Waals surface area contributed by atoms with Crippen LogP contribution in [0.3, 0.4) is 0 Å². The van der Waals surface area contributed by atoms with E-state index in [-0.39, 0.29) is 22.3 Å².